The molecule has 1 saturated heterocycles. The zero-order valence-electron chi connectivity index (χ0n) is 28.9. The summed E-state index contributed by atoms with van der Waals surface area (Å²) in [7, 11) is 0. The summed E-state index contributed by atoms with van der Waals surface area (Å²) < 4.78 is 25.5. The number of phenolic OH excluding ortho intramolecular Hbond substituents is 1. The van der Waals surface area contributed by atoms with E-state index in [-0.39, 0.29) is 58.3 Å². The van der Waals surface area contributed by atoms with E-state index >= 15 is 0 Å². The van der Waals surface area contributed by atoms with Gasteiger partial charge in [0, 0.05) is 35.8 Å². The van der Waals surface area contributed by atoms with Crippen LogP contribution < -0.4 is 9.47 Å². The average Bonchev–Trinajstić information content (AvgIpc) is 3.14. The van der Waals surface area contributed by atoms with Gasteiger partial charge in [0.15, 0.2) is 22.8 Å². The molecule has 6 atom stereocenters. The fourth-order valence-corrected chi connectivity index (χ4v) is 8.34. The summed E-state index contributed by atoms with van der Waals surface area (Å²) in [5.74, 6) is -1.65. The Morgan fingerprint density at radius 3 is 2.48 bits per heavy atom. The topological polar surface area (TPSA) is 149 Å². The lowest BCUT2D eigenvalue weighted by molar-refractivity contribution is -0.171. The number of Topliss-reactive ketones (excluding diaryl/α,β-unsaturated/α-hetero) is 2. The van der Waals surface area contributed by atoms with E-state index in [1.165, 1.54) is 19.4 Å². The molecule has 0 aromatic heterocycles. The van der Waals surface area contributed by atoms with Crippen LogP contribution in [-0.4, -0.2) is 67.5 Å². The minimum absolute atomic E-state index is 0.00711. The molecule has 10 nitrogen and oxygen atoms in total. The first-order valence-corrected chi connectivity index (χ1v) is 16.6. The van der Waals surface area contributed by atoms with Crippen molar-refractivity contribution in [3.8, 4) is 17.2 Å². The maximum atomic E-state index is 14.8. The van der Waals surface area contributed by atoms with Crippen LogP contribution in [0.3, 0.4) is 0 Å². The summed E-state index contributed by atoms with van der Waals surface area (Å²) in [6, 6.07) is 0. The number of aromatic hydroxyl groups is 1. The van der Waals surface area contributed by atoms with Gasteiger partial charge in [-0.05, 0) is 92.9 Å². The van der Waals surface area contributed by atoms with Crippen molar-refractivity contribution >= 4 is 24.1 Å². The van der Waals surface area contributed by atoms with Crippen LogP contribution in [0.15, 0.2) is 41.2 Å². The van der Waals surface area contributed by atoms with Gasteiger partial charge in [-0.15, -0.1) is 0 Å². The molecule has 7 rings (SSSR count). The number of allylic oxidation sites excluding steroid dienone is 4. The predicted octanol–water partition coefficient (Wildman–Crippen LogP) is 5.45. The first-order valence-electron chi connectivity index (χ1n) is 16.6. The molecule has 3 aliphatic heterocycles. The van der Waals surface area contributed by atoms with E-state index < -0.39 is 51.7 Å². The number of aliphatic hydroxyl groups is 2. The summed E-state index contributed by atoms with van der Waals surface area (Å²) in [6.07, 6.45) is 9.12. The lowest BCUT2D eigenvalue weighted by atomic mass is 9.51. The Morgan fingerprint density at radius 1 is 1.12 bits per heavy atom. The average molecular weight is 663 g/mol. The highest BCUT2D eigenvalue weighted by Crippen LogP contribution is 2.68. The Balaban J connectivity index is 1.59. The molecule has 258 valence electrons. The normalized spacial score (nSPS) is 31.5. The molecule has 1 saturated carbocycles. The third-order valence-corrected chi connectivity index (χ3v) is 10.9. The number of carbonyl (C=O) groups excluding carboxylic acids is 3. The number of hydrogen-bond acceptors (Lipinski definition) is 10. The largest absolute Gasteiger partial charge is 0.506 e. The summed E-state index contributed by atoms with van der Waals surface area (Å²) in [5.41, 5.74) is -4.63. The van der Waals surface area contributed by atoms with Gasteiger partial charge < -0.3 is 34.3 Å². The third kappa shape index (κ3) is 4.90. The van der Waals surface area contributed by atoms with Crippen molar-refractivity contribution in [2.24, 2.45) is 11.8 Å². The first kappa shape index (κ1) is 34.1. The van der Waals surface area contributed by atoms with E-state index in [1.54, 1.807) is 25.2 Å². The second kappa shape index (κ2) is 11.1. The number of carbonyl (C=O) groups is 3. The van der Waals surface area contributed by atoms with Gasteiger partial charge in [0.2, 0.25) is 0 Å². The molecule has 1 aromatic carbocycles. The van der Waals surface area contributed by atoms with Crippen LogP contribution in [0, 0.1) is 11.8 Å². The zero-order chi connectivity index (χ0) is 35.2. The van der Waals surface area contributed by atoms with Gasteiger partial charge in [-0.3, -0.25) is 14.4 Å². The summed E-state index contributed by atoms with van der Waals surface area (Å²) in [5, 5.41) is 33.9. The van der Waals surface area contributed by atoms with E-state index in [0.717, 1.165) is 6.42 Å². The SMILES string of the molecule is CC(C)=CCC[C@@]1(C)C=Cc2c(O)c3c(c(CC(O)C(C)(C)O)c2O1)O[C@]12C(=CC4CC1C(C)(C)OC2(C/C=C(/C)OC=O)C4=O)C3=O. The highest BCUT2D eigenvalue weighted by Gasteiger charge is 2.81. The third-order valence-electron chi connectivity index (χ3n) is 10.9. The Bertz CT molecular complexity index is 1720. The van der Waals surface area contributed by atoms with Crippen molar-refractivity contribution in [2.45, 2.75) is 122 Å². The van der Waals surface area contributed by atoms with Crippen molar-refractivity contribution in [1.29, 1.82) is 0 Å². The monoisotopic (exact) mass is 662 g/mol. The van der Waals surface area contributed by atoms with Crippen LogP contribution in [0.5, 0.6) is 17.2 Å². The molecule has 48 heavy (non-hydrogen) atoms. The van der Waals surface area contributed by atoms with Gasteiger partial charge >= 0.3 is 0 Å². The molecule has 4 bridgehead atoms. The van der Waals surface area contributed by atoms with E-state index in [9.17, 15) is 29.7 Å². The zero-order valence-corrected chi connectivity index (χ0v) is 28.9. The van der Waals surface area contributed by atoms with Gasteiger partial charge in [0.25, 0.3) is 6.47 Å². The fraction of sp³-hybridized carbons (Fsp3) is 0.553. The number of ketones is 2. The van der Waals surface area contributed by atoms with Crippen molar-refractivity contribution in [1.82, 2.24) is 0 Å². The van der Waals surface area contributed by atoms with E-state index in [1.807, 2.05) is 40.7 Å². The number of hydrogen-bond donors (Lipinski definition) is 3. The van der Waals surface area contributed by atoms with E-state index in [2.05, 4.69) is 6.08 Å². The standard InChI is InChI=1S/C38H46O10/c1-20(2)10-9-13-36(8)14-12-23-29(41)28-30(42)25-16-22-17-26-35(6,7)48-37(33(22)43,15-11-21(3)45-19-39)38(25,26)47-32(28)24(31(23)46-36)18-27(40)34(4,5)44/h10-12,14,16,19,22,26-27,40-41,44H,9,13,15,17-18H2,1-8H3/b21-11-/t22?,26?,27?,36-,37?,38+/m0/s1. The molecule has 3 heterocycles. The molecule has 0 amide bonds. The molecule has 6 aliphatic rings. The molecule has 3 aliphatic carbocycles. The molecule has 0 radical (unpaired) electrons. The van der Waals surface area contributed by atoms with Crippen LogP contribution in [0.25, 0.3) is 6.08 Å². The Labute approximate surface area is 281 Å². The van der Waals surface area contributed by atoms with Crippen LogP contribution in [0.4, 0.5) is 0 Å². The predicted molar refractivity (Wildman–Crippen MR) is 177 cm³/mol. The summed E-state index contributed by atoms with van der Waals surface area (Å²) in [4.78, 5) is 40.2. The lowest BCUT2D eigenvalue weighted by Gasteiger charge is -2.56. The molecular formula is C38H46O10. The quantitative estimate of drug-likeness (QED) is 0.168. The number of rotatable bonds is 10. The summed E-state index contributed by atoms with van der Waals surface area (Å²) >= 11 is 0. The van der Waals surface area contributed by atoms with Gasteiger partial charge in [-0.2, -0.15) is 0 Å². The van der Waals surface area contributed by atoms with Crippen molar-refractivity contribution in [3.63, 3.8) is 0 Å². The second-order valence-corrected chi connectivity index (χ2v) is 15.5. The van der Waals surface area contributed by atoms with Crippen LogP contribution in [-0.2, 0) is 25.5 Å². The maximum absolute atomic E-state index is 14.8. The van der Waals surface area contributed by atoms with Gasteiger partial charge in [-0.1, -0.05) is 17.7 Å². The smallest absolute Gasteiger partial charge is 0.298 e. The Hall–Kier alpha value is -3.73. The molecule has 10 heteroatoms. The molecule has 1 spiro atoms. The lowest BCUT2D eigenvalue weighted by Crippen LogP contribution is -2.72. The van der Waals surface area contributed by atoms with Gasteiger partial charge in [0.1, 0.15) is 34.2 Å². The van der Waals surface area contributed by atoms with Gasteiger partial charge in [-0.25, -0.2) is 0 Å². The number of ether oxygens (including phenoxy) is 4. The van der Waals surface area contributed by atoms with Gasteiger partial charge in [0.05, 0.1) is 22.9 Å². The highest BCUT2D eigenvalue weighted by atomic mass is 16.6. The number of aliphatic hydroxyl groups excluding tert-OH is 1. The van der Waals surface area contributed by atoms with Crippen molar-refractivity contribution in [2.75, 3.05) is 0 Å². The molecule has 3 N–H and O–H groups in total. The number of benzene rings is 1. The van der Waals surface area contributed by atoms with Crippen LogP contribution in [0.2, 0.25) is 0 Å². The van der Waals surface area contributed by atoms with Crippen molar-refractivity contribution in [3.05, 3.63) is 57.9 Å². The highest BCUT2D eigenvalue weighted by molar-refractivity contribution is 6.19. The van der Waals surface area contributed by atoms with E-state index in [0.29, 0.717) is 24.9 Å². The molecule has 4 unspecified atom stereocenters. The molecular weight excluding hydrogens is 616 g/mol. The minimum atomic E-state index is -1.66. The van der Waals surface area contributed by atoms with Crippen LogP contribution in [0.1, 0.15) is 103 Å². The van der Waals surface area contributed by atoms with E-state index in [4.69, 9.17) is 18.9 Å². The second-order valence-electron chi connectivity index (χ2n) is 15.5. The fourth-order valence-electron chi connectivity index (χ4n) is 8.34. The summed E-state index contributed by atoms with van der Waals surface area (Å²) in [6.45, 7) is 14.6. The molecule has 1 aromatic rings. The Morgan fingerprint density at radius 2 is 1.83 bits per heavy atom. The first-order chi connectivity index (χ1) is 22.3. The van der Waals surface area contributed by atoms with Crippen molar-refractivity contribution < 1.29 is 48.7 Å². The minimum Gasteiger partial charge on any atom is -0.506 e. The molecule has 2 fully saturated rings. The number of fused-ring (bicyclic) bond motifs is 2. The Kier molecular flexibility index (Phi) is 7.93. The number of phenols is 1. The maximum Gasteiger partial charge on any atom is 0.298 e. The van der Waals surface area contributed by atoms with Crippen LogP contribution >= 0.6 is 0 Å².